The molecule has 0 aromatic heterocycles. The van der Waals surface area contributed by atoms with Gasteiger partial charge in [-0.1, -0.05) is 19.8 Å². The third kappa shape index (κ3) is 6.38. The predicted octanol–water partition coefficient (Wildman–Crippen LogP) is 0.952. The van der Waals surface area contributed by atoms with Crippen LogP contribution in [0, 0.1) is 5.92 Å². The van der Waals surface area contributed by atoms with E-state index in [2.05, 4.69) is 12.2 Å². The van der Waals surface area contributed by atoms with Crippen LogP contribution < -0.4 is 5.32 Å². The molecular formula is C12H25NO3S. The SMILES string of the molecule is CC1CCCC(O)(CNCCCS(C)(=O)=O)C1. The lowest BCUT2D eigenvalue weighted by molar-refractivity contribution is -0.0115. The van der Waals surface area contributed by atoms with Crippen LogP contribution in [0.3, 0.4) is 0 Å². The van der Waals surface area contributed by atoms with E-state index in [0.29, 0.717) is 25.4 Å². The van der Waals surface area contributed by atoms with Crippen LogP contribution >= 0.6 is 0 Å². The van der Waals surface area contributed by atoms with Crippen molar-refractivity contribution in [2.45, 2.75) is 44.6 Å². The maximum Gasteiger partial charge on any atom is 0.147 e. The van der Waals surface area contributed by atoms with Gasteiger partial charge in [-0.15, -0.1) is 0 Å². The van der Waals surface area contributed by atoms with Gasteiger partial charge in [0.2, 0.25) is 0 Å². The molecule has 4 nitrogen and oxygen atoms in total. The van der Waals surface area contributed by atoms with Crippen molar-refractivity contribution in [3.63, 3.8) is 0 Å². The number of hydrogen-bond donors (Lipinski definition) is 2. The number of hydrogen-bond acceptors (Lipinski definition) is 4. The van der Waals surface area contributed by atoms with Crippen LogP contribution in [0.4, 0.5) is 0 Å². The standard InChI is InChI=1S/C12H25NO3S/c1-11-5-3-6-12(14,9-11)10-13-7-4-8-17(2,15)16/h11,13-14H,3-10H2,1-2H3. The number of rotatable bonds is 6. The minimum absolute atomic E-state index is 0.217. The highest BCUT2D eigenvalue weighted by molar-refractivity contribution is 7.90. The summed E-state index contributed by atoms with van der Waals surface area (Å²) in [6.07, 6.45) is 5.87. The van der Waals surface area contributed by atoms with Gasteiger partial charge in [0.05, 0.1) is 11.4 Å². The molecule has 1 saturated carbocycles. The zero-order chi connectivity index (χ0) is 12.9. The molecule has 0 radical (unpaired) electrons. The Hall–Kier alpha value is -0.130. The molecule has 17 heavy (non-hydrogen) atoms. The molecule has 0 aromatic rings. The Balaban J connectivity index is 2.17. The van der Waals surface area contributed by atoms with E-state index >= 15 is 0 Å². The molecule has 2 atom stereocenters. The molecule has 1 aliphatic rings. The second-order valence-corrected chi connectivity index (χ2v) is 7.85. The van der Waals surface area contributed by atoms with Gasteiger partial charge < -0.3 is 10.4 Å². The van der Waals surface area contributed by atoms with E-state index in [1.165, 1.54) is 12.7 Å². The maximum absolute atomic E-state index is 10.9. The van der Waals surface area contributed by atoms with E-state index in [-0.39, 0.29) is 5.75 Å². The van der Waals surface area contributed by atoms with E-state index in [9.17, 15) is 13.5 Å². The fourth-order valence-electron chi connectivity index (χ4n) is 2.57. The zero-order valence-corrected chi connectivity index (χ0v) is 11.7. The molecule has 0 aromatic carbocycles. The van der Waals surface area contributed by atoms with Gasteiger partial charge in [-0.05, 0) is 31.7 Å². The molecule has 0 bridgehead atoms. The van der Waals surface area contributed by atoms with Crippen LogP contribution in [0.5, 0.6) is 0 Å². The van der Waals surface area contributed by atoms with Crippen molar-refractivity contribution < 1.29 is 13.5 Å². The number of nitrogens with one attached hydrogen (secondary N) is 1. The summed E-state index contributed by atoms with van der Waals surface area (Å²) >= 11 is 0. The first-order chi connectivity index (χ1) is 7.81. The van der Waals surface area contributed by atoms with Crippen LogP contribution in [0.1, 0.15) is 39.0 Å². The molecule has 1 aliphatic carbocycles. The summed E-state index contributed by atoms with van der Waals surface area (Å²) in [4.78, 5) is 0. The van der Waals surface area contributed by atoms with E-state index in [4.69, 9.17) is 0 Å². The Kier molecular flexibility index (Phi) is 5.41. The summed E-state index contributed by atoms with van der Waals surface area (Å²) < 4.78 is 21.8. The highest BCUT2D eigenvalue weighted by Crippen LogP contribution is 2.31. The van der Waals surface area contributed by atoms with Gasteiger partial charge in [0, 0.05) is 12.8 Å². The highest BCUT2D eigenvalue weighted by Gasteiger charge is 2.31. The van der Waals surface area contributed by atoms with Crippen LogP contribution in [0.15, 0.2) is 0 Å². The van der Waals surface area contributed by atoms with Crippen molar-refractivity contribution >= 4 is 9.84 Å². The van der Waals surface area contributed by atoms with Crippen LogP contribution in [0.2, 0.25) is 0 Å². The van der Waals surface area contributed by atoms with Crippen molar-refractivity contribution in [1.82, 2.24) is 5.32 Å². The Morgan fingerprint density at radius 3 is 2.76 bits per heavy atom. The van der Waals surface area contributed by atoms with Crippen LogP contribution in [0.25, 0.3) is 0 Å². The average molecular weight is 263 g/mol. The molecule has 1 fully saturated rings. The first-order valence-electron chi connectivity index (χ1n) is 6.42. The van der Waals surface area contributed by atoms with Crippen molar-refractivity contribution in [2.75, 3.05) is 25.1 Å². The second-order valence-electron chi connectivity index (χ2n) is 5.59. The van der Waals surface area contributed by atoms with E-state index in [0.717, 1.165) is 19.3 Å². The molecule has 0 saturated heterocycles. The van der Waals surface area contributed by atoms with E-state index < -0.39 is 15.4 Å². The molecule has 0 heterocycles. The van der Waals surface area contributed by atoms with Gasteiger partial charge in [-0.25, -0.2) is 8.42 Å². The summed E-state index contributed by atoms with van der Waals surface area (Å²) in [5, 5.41) is 13.5. The van der Waals surface area contributed by atoms with Crippen molar-refractivity contribution in [3.8, 4) is 0 Å². The van der Waals surface area contributed by atoms with Crippen LogP contribution in [-0.2, 0) is 9.84 Å². The Labute approximate surface area is 105 Å². The summed E-state index contributed by atoms with van der Waals surface area (Å²) in [6, 6.07) is 0. The lowest BCUT2D eigenvalue weighted by Gasteiger charge is -2.35. The number of sulfone groups is 1. The fourth-order valence-corrected chi connectivity index (χ4v) is 3.24. The normalized spacial score (nSPS) is 30.4. The molecule has 0 amide bonds. The smallest absolute Gasteiger partial charge is 0.147 e. The summed E-state index contributed by atoms with van der Waals surface area (Å²) in [5.41, 5.74) is -0.581. The van der Waals surface area contributed by atoms with Gasteiger partial charge in [0.25, 0.3) is 0 Å². The van der Waals surface area contributed by atoms with Crippen LogP contribution in [-0.4, -0.2) is 44.2 Å². The quantitative estimate of drug-likeness (QED) is 0.700. The van der Waals surface area contributed by atoms with Crippen molar-refractivity contribution in [3.05, 3.63) is 0 Å². The lowest BCUT2D eigenvalue weighted by atomic mass is 9.79. The molecule has 1 rings (SSSR count). The summed E-state index contributed by atoms with van der Waals surface area (Å²) in [5.74, 6) is 0.807. The van der Waals surface area contributed by atoms with E-state index in [1.54, 1.807) is 0 Å². The predicted molar refractivity (Wildman–Crippen MR) is 69.8 cm³/mol. The summed E-state index contributed by atoms with van der Waals surface area (Å²) in [6.45, 7) is 3.42. The minimum atomic E-state index is -2.86. The maximum atomic E-state index is 10.9. The first kappa shape index (κ1) is 14.9. The molecular weight excluding hydrogens is 238 g/mol. The Morgan fingerprint density at radius 2 is 2.18 bits per heavy atom. The third-order valence-corrected chi connectivity index (χ3v) is 4.42. The first-order valence-corrected chi connectivity index (χ1v) is 8.48. The van der Waals surface area contributed by atoms with E-state index in [1.807, 2.05) is 0 Å². The molecule has 102 valence electrons. The van der Waals surface area contributed by atoms with Gasteiger partial charge in [0.1, 0.15) is 9.84 Å². The van der Waals surface area contributed by atoms with Gasteiger partial charge in [0.15, 0.2) is 0 Å². The molecule has 2 unspecified atom stereocenters. The highest BCUT2D eigenvalue weighted by atomic mass is 32.2. The van der Waals surface area contributed by atoms with Gasteiger partial charge in [-0.2, -0.15) is 0 Å². The third-order valence-electron chi connectivity index (χ3n) is 3.39. The zero-order valence-electron chi connectivity index (χ0n) is 10.9. The molecule has 2 N–H and O–H groups in total. The molecule has 0 spiro atoms. The van der Waals surface area contributed by atoms with Crippen molar-refractivity contribution in [1.29, 1.82) is 0 Å². The minimum Gasteiger partial charge on any atom is -0.389 e. The number of aliphatic hydroxyl groups is 1. The largest absolute Gasteiger partial charge is 0.389 e. The monoisotopic (exact) mass is 263 g/mol. The van der Waals surface area contributed by atoms with Gasteiger partial charge in [-0.3, -0.25) is 0 Å². The lowest BCUT2D eigenvalue weighted by Crippen LogP contribution is -2.44. The van der Waals surface area contributed by atoms with Gasteiger partial charge >= 0.3 is 0 Å². The topological polar surface area (TPSA) is 66.4 Å². The Morgan fingerprint density at radius 1 is 1.47 bits per heavy atom. The molecule has 0 aliphatic heterocycles. The Bertz CT molecular complexity index is 329. The summed E-state index contributed by atoms with van der Waals surface area (Å²) in [7, 11) is -2.86. The fraction of sp³-hybridized carbons (Fsp3) is 1.00. The molecule has 5 heteroatoms. The van der Waals surface area contributed by atoms with Crippen molar-refractivity contribution in [2.24, 2.45) is 5.92 Å². The average Bonchev–Trinajstić information content (AvgIpc) is 2.14. The second kappa shape index (κ2) is 6.16.